The summed E-state index contributed by atoms with van der Waals surface area (Å²) in [7, 11) is 1.66. The topological polar surface area (TPSA) is 71.0 Å². The van der Waals surface area contributed by atoms with Crippen molar-refractivity contribution in [2.45, 2.75) is 32.6 Å². The Labute approximate surface area is 203 Å². The molecule has 0 aliphatic carbocycles. The van der Waals surface area contributed by atoms with Gasteiger partial charge in [-0.1, -0.05) is 6.58 Å². The maximum absolute atomic E-state index is 6.01. The summed E-state index contributed by atoms with van der Waals surface area (Å²) in [4.78, 5) is 10.9. The molecule has 0 unspecified atom stereocenters. The summed E-state index contributed by atoms with van der Waals surface area (Å²) in [5.41, 5.74) is 3.16. The third-order valence-corrected chi connectivity index (χ3v) is 5.65. The summed E-state index contributed by atoms with van der Waals surface area (Å²) >= 11 is 0. The van der Waals surface area contributed by atoms with E-state index in [1.54, 1.807) is 13.3 Å². The first-order valence-corrected chi connectivity index (χ1v) is 12.0. The van der Waals surface area contributed by atoms with E-state index in [1.165, 1.54) is 31.5 Å². The van der Waals surface area contributed by atoms with Crippen molar-refractivity contribution < 1.29 is 9.47 Å². The Kier molecular flexibility index (Phi) is 10.5. The number of allylic oxidation sites excluding steroid dienone is 2. The van der Waals surface area contributed by atoms with Gasteiger partial charge in [0.05, 0.1) is 13.7 Å². The fourth-order valence-electron chi connectivity index (χ4n) is 3.79. The van der Waals surface area contributed by atoms with E-state index in [2.05, 4.69) is 32.1 Å². The molecule has 1 aromatic carbocycles. The van der Waals surface area contributed by atoms with Crippen LogP contribution in [0.3, 0.4) is 0 Å². The Bertz CT molecular complexity index is 953. The molecule has 1 saturated heterocycles. The van der Waals surface area contributed by atoms with Gasteiger partial charge in [0.2, 0.25) is 0 Å². The first-order valence-electron chi connectivity index (χ1n) is 12.0. The van der Waals surface area contributed by atoms with Crippen molar-refractivity contribution in [3.05, 3.63) is 72.5 Å². The number of aromatic nitrogens is 1. The lowest BCUT2D eigenvalue weighted by Gasteiger charge is -2.16. The lowest BCUT2D eigenvalue weighted by molar-refractivity contribution is 0.254. The molecule has 2 heterocycles. The van der Waals surface area contributed by atoms with Crippen molar-refractivity contribution >= 4 is 11.9 Å². The van der Waals surface area contributed by atoms with Gasteiger partial charge in [-0.3, -0.25) is 4.98 Å². The van der Waals surface area contributed by atoms with E-state index < -0.39 is 0 Å². The second kappa shape index (κ2) is 14.1. The molecule has 0 saturated carbocycles. The Hall–Kier alpha value is -3.32. The summed E-state index contributed by atoms with van der Waals surface area (Å²) < 4.78 is 11.5. The standard InChI is InChI=1S/C27H37N5O2/c1-22(29-16-12-24-10-13-28-14-11-24)9-15-30-23(2)31-25-7-8-26(33-3)27(21-25)34-20-6-19-32-17-4-5-18-32/h7-11,13-15,21,29,31H,2,4-6,12,16-20H2,1,3H3/b22-9+,30-15?. The van der Waals surface area contributed by atoms with Crippen molar-refractivity contribution in [2.24, 2.45) is 4.99 Å². The molecule has 1 aliphatic heterocycles. The third kappa shape index (κ3) is 8.90. The largest absolute Gasteiger partial charge is 0.493 e. The Morgan fingerprint density at radius 3 is 2.74 bits per heavy atom. The van der Waals surface area contributed by atoms with Gasteiger partial charge in [-0.15, -0.1) is 0 Å². The zero-order valence-corrected chi connectivity index (χ0v) is 20.4. The first-order chi connectivity index (χ1) is 16.6. The maximum atomic E-state index is 6.01. The van der Waals surface area contributed by atoms with Gasteiger partial charge in [0, 0.05) is 49.1 Å². The van der Waals surface area contributed by atoms with Gasteiger partial charge in [0.15, 0.2) is 11.5 Å². The predicted molar refractivity (Wildman–Crippen MR) is 140 cm³/mol. The number of ether oxygens (including phenoxy) is 2. The Balaban J connectivity index is 1.43. The van der Waals surface area contributed by atoms with E-state index in [0.717, 1.165) is 48.8 Å². The highest BCUT2D eigenvalue weighted by atomic mass is 16.5. The smallest absolute Gasteiger partial charge is 0.163 e. The second-order valence-electron chi connectivity index (χ2n) is 8.35. The average molecular weight is 464 g/mol. The van der Waals surface area contributed by atoms with Crippen LogP contribution in [-0.2, 0) is 6.42 Å². The van der Waals surface area contributed by atoms with Crippen molar-refractivity contribution in [1.82, 2.24) is 15.2 Å². The molecule has 0 spiro atoms. The fraction of sp³-hybridized carbons (Fsp3) is 0.407. The lowest BCUT2D eigenvalue weighted by atomic mass is 10.2. The number of aliphatic imine (C=N–C) groups is 1. The molecular formula is C27H37N5O2. The molecule has 0 amide bonds. The zero-order valence-electron chi connectivity index (χ0n) is 20.4. The number of benzene rings is 1. The van der Waals surface area contributed by atoms with Crippen LogP contribution >= 0.6 is 0 Å². The molecule has 0 bridgehead atoms. The summed E-state index contributed by atoms with van der Waals surface area (Å²) in [6, 6.07) is 9.81. The van der Waals surface area contributed by atoms with Gasteiger partial charge in [-0.2, -0.15) is 0 Å². The third-order valence-electron chi connectivity index (χ3n) is 5.65. The quantitative estimate of drug-likeness (QED) is 0.314. The number of nitrogens with one attached hydrogen (secondary N) is 2. The molecule has 7 heteroatoms. The fourth-order valence-corrected chi connectivity index (χ4v) is 3.79. The van der Waals surface area contributed by atoms with Crippen molar-refractivity contribution in [2.75, 3.05) is 45.2 Å². The number of hydrogen-bond acceptors (Lipinski definition) is 7. The molecule has 0 radical (unpaired) electrons. The van der Waals surface area contributed by atoms with Crippen LogP contribution in [0.5, 0.6) is 11.5 Å². The summed E-state index contributed by atoms with van der Waals surface area (Å²) in [5, 5.41) is 6.60. The van der Waals surface area contributed by atoms with Gasteiger partial charge < -0.3 is 25.0 Å². The monoisotopic (exact) mass is 463 g/mol. The van der Waals surface area contributed by atoms with Crippen molar-refractivity contribution in [1.29, 1.82) is 0 Å². The minimum absolute atomic E-state index is 0.547. The number of likely N-dealkylation sites (tertiary alicyclic amines) is 1. The highest BCUT2D eigenvalue weighted by molar-refractivity contribution is 5.73. The summed E-state index contributed by atoms with van der Waals surface area (Å²) in [6.45, 7) is 11.0. The molecule has 2 N–H and O–H groups in total. The molecule has 1 aliphatic rings. The summed E-state index contributed by atoms with van der Waals surface area (Å²) in [6.07, 6.45) is 11.9. The number of rotatable bonds is 14. The minimum atomic E-state index is 0.547. The van der Waals surface area contributed by atoms with Crippen molar-refractivity contribution in [3.8, 4) is 11.5 Å². The lowest BCUT2D eigenvalue weighted by Crippen LogP contribution is -2.21. The van der Waals surface area contributed by atoms with Gasteiger partial charge in [-0.05, 0) is 81.6 Å². The minimum Gasteiger partial charge on any atom is -0.493 e. The molecule has 1 fully saturated rings. The molecule has 34 heavy (non-hydrogen) atoms. The van der Waals surface area contributed by atoms with E-state index in [0.29, 0.717) is 12.4 Å². The first kappa shape index (κ1) is 25.3. The molecule has 7 nitrogen and oxygen atoms in total. The van der Waals surface area contributed by atoms with E-state index in [9.17, 15) is 0 Å². The highest BCUT2D eigenvalue weighted by Gasteiger charge is 2.11. The Morgan fingerprint density at radius 2 is 1.97 bits per heavy atom. The number of pyridine rings is 1. The number of methoxy groups -OCH3 is 1. The maximum Gasteiger partial charge on any atom is 0.163 e. The van der Waals surface area contributed by atoms with Gasteiger partial charge in [-0.25, -0.2) is 4.99 Å². The number of hydrogen-bond donors (Lipinski definition) is 2. The molecule has 3 rings (SSSR count). The van der Waals surface area contributed by atoms with Gasteiger partial charge in [0.25, 0.3) is 0 Å². The van der Waals surface area contributed by atoms with Crippen LogP contribution in [0.4, 0.5) is 5.69 Å². The van der Waals surface area contributed by atoms with Crippen LogP contribution in [0.25, 0.3) is 0 Å². The predicted octanol–water partition coefficient (Wildman–Crippen LogP) is 4.64. The zero-order chi connectivity index (χ0) is 24.0. The van der Waals surface area contributed by atoms with Gasteiger partial charge in [0.1, 0.15) is 5.82 Å². The van der Waals surface area contributed by atoms with Gasteiger partial charge >= 0.3 is 0 Å². The van der Waals surface area contributed by atoms with Crippen LogP contribution in [0, 0.1) is 0 Å². The SMILES string of the molecule is C=C(N=C/C=C(\C)NCCc1ccncc1)Nc1ccc(OC)c(OCCCN2CCCC2)c1. The number of nitrogens with zero attached hydrogens (tertiary/aromatic N) is 3. The molecular weight excluding hydrogens is 426 g/mol. The van der Waals surface area contributed by atoms with Crippen LogP contribution in [0.15, 0.2) is 71.9 Å². The average Bonchev–Trinajstić information content (AvgIpc) is 3.36. The molecule has 1 aromatic heterocycles. The highest BCUT2D eigenvalue weighted by Crippen LogP contribution is 2.30. The molecule has 0 atom stereocenters. The summed E-state index contributed by atoms with van der Waals surface area (Å²) in [5.74, 6) is 1.99. The van der Waals surface area contributed by atoms with E-state index >= 15 is 0 Å². The van der Waals surface area contributed by atoms with Crippen LogP contribution in [0.2, 0.25) is 0 Å². The van der Waals surface area contributed by atoms with E-state index in [1.807, 2.05) is 55.7 Å². The Morgan fingerprint density at radius 1 is 1.18 bits per heavy atom. The van der Waals surface area contributed by atoms with Crippen LogP contribution < -0.4 is 20.1 Å². The second-order valence-corrected chi connectivity index (χ2v) is 8.35. The molecule has 182 valence electrons. The van der Waals surface area contributed by atoms with Crippen LogP contribution in [0.1, 0.15) is 31.7 Å². The van der Waals surface area contributed by atoms with Crippen LogP contribution in [-0.4, -0.2) is 56.0 Å². The normalized spacial score (nSPS) is 14.4. The number of anilines is 1. The van der Waals surface area contributed by atoms with E-state index in [4.69, 9.17) is 9.47 Å². The van der Waals surface area contributed by atoms with E-state index in [-0.39, 0.29) is 0 Å². The molecule has 2 aromatic rings. The van der Waals surface area contributed by atoms with Crippen molar-refractivity contribution in [3.63, 3.8) is 0 Å².